The molecule has 0 bridgehead atoms. The van der Waals surface area contributed by atoms with E-state index in [1.165, 1.54) is 13.5 Å². The first-order valence-electron chi connectivity index (χ1n) is 9.98. The number of unbranched alkanes of at least 4 members (excludes halogenated alkanes) is 1. The van der Waals surface area contributed by atoms with Gasteiger partial charge in [0.2, 0.25) is 0 Å². The third-order valence-corrected chi connectivity index (χ3v) is 5.73. The van der Waals surface area contributed by atoms with Crippen LogP contribution in [0.5, 0.6) is 5.75 Å². The van der Waals surface area contributed by atoms with Gasteiger partial charge >= 0.3 is 5.97 Å². The number of nitrogens with zero attached hydrogens (tertiary/aromatic N) is 1. The first-order valence-corrected chi connectivity index (χ1v) is 10.8. The van der Waals surface area contributed by atoms with Gasteiger partial charge in [-0.05, 0) is 37.0 Å². The zero-order valence-electron chi connectivity index (χ0n) is 16.5. The molecule has 6 nitrogen and oxygen atoms in total. The van der Waals surface area contributed by atoms with Crippen LogP contribution in [0.25, 0.3) is 0 Å². The fourth-order valence-electron chi connectivity index (χ4n) is 3.35. The highest BCUT2D eigenvalue weighted by atomic mass is 79.9. The largest absolute Gasteiger partial charge is 0.478 e. The molecule has 3 rings (SSSR count). The van der Waals surface area contributed by atoms with Gasteiger partial charge in [-0.15, -0.1) is 0 Å². The minimum absolute atomic E-state index is 0.244. The van der Waals surface area contributed by atoms with Gasteiger partial charge in [0, 0.05) is 16.6 Å². The van der Waals surface area contributed by atoms with Gasteiger partial charge < -0.3 is 19.0 Å². The summed E-state index contributed by atoms with van der Waals surface area (Å²) in [5, 5.41) is 4.20. The number of rotatable bonds is 10. The Morgan fingerprint density at radius 3 is 2.89 bits per heavy atom. The Morgan fingerprint density at radius 1 is 1.39 bits per heavy atom. The molecule has 1 aromatic carbocycles. The van der Waals surface area contributed by atoms with E-state index >= 15 is 0 Å². The maximum Gasteiger partial charge on any atom is 0.347 e. The van der Waals surface area contributed by atoms with Crippen LogP contribution in [-0.4, -0.2) is 44.2 Å². The molecule has 154 valence electrons. The van der Waals surface area contributed by atoms with Gasteiger partial charge in [-0.2, -0.15) is 0 Å². The van der Waals surface area contributed by atoms with Crippen molar-refractivity contribution >= 4 is 27.6 Å². The van der Waals surface area contributed by atoms with Gasteiger partial charge in [-0.1, -0.05) is 53.7 Å². The number of esters is 1. The van der Waals surface area contributed by atoms with E-state index in [2.05, 4.69) is 28.0 Å². The molecule has 1 heterocycles. The average Bonchev–Trinajstić information content (AvgIpc) is 3.12. The summed E-state index contributed by atoms with van der Waals surface area (Å²) in [7, 11) is 1.40. The summed E-state index contributed by atoms with van der Waals surface area (Å²) in [5.41, 5.74) is 1.47. The predicted octanol–water partition coefficient (Wildman–Crippen LogP) is 4.48. The molecular weight excluding hydrogens is 426 g/mol. The molecule has 1 unspecified atom stereocenters. The molecule has 2 aliphatic rings. The molecule has 0 amide bonds. The fourth-order valence-corrected chi connectivity index (χ4v) is 3.71. The van der Waals surface area contributed by atoms with Crippen molar-refractivity contribution in [2.24, 2.45) is 11.1 Å². The number of oxime groups is 1. The van der Waals surface area contributed by atoms with Crippen molar-refractivity contribution in [1.82, 2.24) is 0 Å². The fraction of sp³-hybridized carbons (Fsp3) is 0.619. The Bertz CT molecular complexity index is 704. The van der Waals surface area contributed by atoms with E-state index < -0.39 is 6.10 Å². The molecule has 2 atom stereocenters. The lowest BCUT2D eigenvalue weighted by atomic mass is 9.81. The lowest BCUT2D eigenvalue weighted by Crippen LogP contribution is -2.33. The van der Waals surface area contributed by atoms with Crippen molar-refractivity contribution in [3.8, 4) is 5.75 Å². The standard InChI is InChI=1S/C21H28BrNO5/c1-3-4-10-26-19-13-27-23-20(19)16-12-15(22)8-9-17(16)28-18(21(24)25-2)11-14-6-5-7-14/h8-9,12,14,18-19H,3-7,10-11,13H2,1-2H3/t18-,19?/m0/s1. The summed E-state index contributed by atoms with van der Waals surface area (Å²) in [5.74, 6) is 0.757. The summed E-state index contributed by atoms with van der Waals surface area (Å²) >= 11 is 3.51. The minimum atomic E-state index is -0.627. The highest BCUT2D eigenvalue weighted by Gasteiger charge is 2.32. The van der Waals surface area contributed by atoms with Gasteiger partial charge in [0.05, 0.1) is 7.11 Å². The number of benzene rings is 1. The summed E-state index contributed by atoms with van der Waals surface area (Å²) in [4.78, 5) is 17.6. The van der Waals surface area contributed by atoms with E-state index in [1.807, 2.05) is 18.2 Å². The van der Waals surface area contributed by atoms with Crippen molar-refractivity contribution in [2.45, 2.75) is 57.7 Å². The van der Waals surface area contributed by atoms with E-state index in [1.54, 1.807) is 0 Å². The number of methoxy groups -OCH3 is 1. The third kappa shape index (κ3) is 5.26. The van der Waals surface area contributed by atoms with Crippen molar-refractivity contribution in [2.75, 3.05) is 20.3 Å². The smallest absolute Gasteiger partial charge is 0.347 e. The Hall–Kier alpha value is -1.60. The lowest BCUT2D eigenvalue weighted by Gasteiger charge is -2.29. The Balaban J connectivity index is 1.80. The Kier molecular flexibility index (Phi) is 7.73. The number of carbonyl (C=O) groups is 1. The molecular formula is C21H28BrNO5. The molecule has 7 heteroatoms. The summed E-state index contributed by atoms with van der Waals surface area (Å²) in [6.07, 6.45) is 5.33. The summed E-state index contributed by atoms with van der Waals surface area (Å²) in [6, 6.07) is 5.66. The molecule has 0 radical (unpaired) electrons. The van der Waals surface area contributed by atoms with Crippen LogP contribution in [0, 0.1) is 5.92 Å². The molecule has 0 aromatic heterocycles. The zero-order valence-corrected chi connectivity index (χ0v) is 18.1. The zero-order chi connectivity index (χ0) is 19.9. The number of carbonyl (C=O) groups excluding carboxylic acids is 1. The molecule has 0 N–H and O–H groups in total. The second kappa shape index (κ2) is 10.3. The Labute approximate surface area is 174 Å². The lowest BCUT2D eigenvalue weighted by molar-refractivity contribution is -0.150. The van der Waals surface area contributed by atoms with Gasteiger partial charge in [0.25, 0.3) is 0 Å². The molecule has 1 aliphatic carbocycles. The van der Waals surface area contributed by atoms with Gasteiger partial charge in [-0.3, -0.25) is 0 Å². The number of halogens is 1. The molecule has 1 fully saturated rings. The first-order chi connectivity index (χ1) is 13.6. The predicted molar refractivity (Wildman–Crippen MR) is 110 cm³/mol. The van der Waals surface area contributed by atoms with Crippen LogP contribution in [0.3, 0.4) is 0 Å². The van der Waals surface area contributed by atoms with Crippen LogP contribution in [-0.2, 0) is 19.1 Å². The van der Waals surface area contributed by atoms with E-state index in [-0.39, 0.29) is 12.1 Å². The van der Waals surface area contributed by atoms with E-state index in [0.29, 0.717) is 37.0 Å². The maximum atomic E-state index is 12.3. The molecule has 0 saturated heterocycles. The highest BCUT2D eigenvalue weighted by Crippen LogP contribution is 2.34. The SMILES string of the molecule is CCCCOC1CON=C1c1cc(Br)ccc1O[C@@H](CC1CCC1)C(=O)OC. The van der Waals surface area contributed by atoms with Crippen LogP contribution in [0.4, 0.5) is 0 Å². The van der Waals surface area contributed by atoms with E-state index in [0.717, 1.165) is 35.7 Å². The molecule has 28 heavy (non-hydrogen) atoms. The third-order valence-electron chi connectivity index (χ3n) is 5.23. The monoisotopic (exact) mass is 453 g/mol. The van der Waals surface area contributed by atoms with Crippen molar-refractivity contribution in [1.29, 1.82) is 0 Å². The Morgan fingerprint density at radius 2 is 2.21 bits per heavy atom. The molecule has 1 aliphatic heterocycles. The van der Waals surface area contributed by atoms with Gasteiger partial charge in [0.15, 0.2) is 6.10 Å². The van der Waals surface area contributed by atoms with Crippen molar-refractivity contribution in [3.63, 3.8) is 0 Å². The van der Waals surface area contributed by atoms with E-state index in [9.17, 15) is 4.79 Å². The summed E-state index contributed by atoms with van der Waals surface area (Å²) < 4.78 is 18.0. The topological polar surface area (TPSA) is 66.3 Å². The van der Waals surface area contributed by atoms with Crippen LogP contribution in [0.1, 0.15) is 51.0 Å². The number of hydrogen-bond donors (Lipinski definition) is 0. The van der Waals surface area contributed by atoms with Gasteiger partial charge in [-0.25, -0.2) is 4.79 Å². The first kappa shape index (κ1) is 21.1. The summed E-state index contributed by atoms with van der Waals surface area (Å²) in [6.45, 7) is 3.16. The quantitative estimate of drug-likeness (QED) is 0.385. The normalized spacial score (nSPS) is 20.1. The molecule has 1 saturated carbocycles. The van der Waals surface area contributed by atoms with Crippen LogP contribution >= 0.6 is 15.9 Å². The van der Waals surface area contributed by atoms with Crippen molar-refractivity contribution in [3.05, 3.63) is 28.2 Å². The molecule has 1 aromatic rings. The second-order valence-corrected chi connectivity index (χ2v) is 8.20. The van der Waals surface area contributed by atoms with Crippen molar-refractivity contribution < 1.29 is 23.8 Å². The van der Waals surface area contributed by atoms with Crippen LogP contribution in [0.2, 0.25) is 0 Å². The van der Waals surface area contributed by atoms with Crippen LogP contribution in [0.15, 0.2) is 27.8 Å². The second-order valence-electron chi connectivity index (χ2n) is 7.29. The molecule has 0 spiro atoms. The average molecular weight is 454 g/mol. The van der Waals surface area contributed by atoms with Crippen LogP contribution < -0.4 is 4.74 Å². The highest BCUT2D eigenvalue weighted by molar-refractivity contribution is 9.10. The number of ether oxygens (including phenoxy) is 3. The maximum absolute atomic E-state index is 12.3. The van der Waals surface area contributed by atoms with Gasteiger partial charge in [0.1, 0.15) is 24.2 Å². The minimum Gasteiger partial charge on any atom is -0.478 e. The number of hydrogen-bond acceptors (Lipinski definition) is 6. The van der Waals surface area contributed by atoms with E-state index in [4.69, 9.17) is 19.0 Å².